The minimum atomic E-state index is -1.52. The lowest BCUT2D eigenvalue weighted by Crippen LogP contribution is -2.40. The van der Waals surface area contributed by atoms with Crippen molar-refractivity contribution in [3.63, 3.8) is 0 Å². The molecule has 3 aromatic rings. The van der Waals surface area contributed by atoms with Crippen LogP contribution in [-0.4, -0.2) is 48.9 Å². The molecule has 9 heteroatoms. The summed E-state index contributed by atoms with van der Waals surface area (Å²) in [5.74, 6) is -4.12. The summed E-state index contributed by atoms with van der Waals surface area (Å²) in [6, 6.07) is 10.5. The lowest BCUT2D eigenvalue weighted by atomic mass is 10.0. The Kier molecular flexibility index (Phi) is 7.14. The third-order valence-electron chi connectivity index (χ3n) is 5.63. The SMILES string of the molecule is COC[C@H](O)CN(C(=O)c1cccc2c1CCN2)c1cc(Cc2cc(F)c(F)c(F)c2)ccn1. The van der Waals surface area contributed by atoms with Crippen LogP contribution in [0.1, 0.15) is 27.0 Å². The highest BCUT2D eigenvalue weighted by Crippen LogP contribution is 2.28. The van der Waals surface area contributed by atoms with Gasteiger partial charge in [-0.1, -0.05) is 6.07 Å². The van der Waals surface area contributed by atoms with Crippen LogP contribution in [0.15, 0.2) is 48.7 Å². The van der Waals surface area contributed by atoms with Gasteiger partial charge in [0.1, 0.15) is 5.82 Å². The molecule has 0 radical (unpaired) electrons. The Hall–Kier alpha value is -3.43. The van der Waals surface area contributed by atoms with E-state index < -0.39 is 23.6 Å². The van der Waals surface area contributed by atoms with E-state index in [9.17, 15) is 23.1 Å². The third-order valence-corrected chi connectivity index (χ3v) is 5.63. The number of benzene rings is 2. The molecule has 0 fully saturated rings. The number of pyridine rings is 1. The maximum atomic E-state index is 13.6. The van der Waals surface area contributed by atoms with E-state index in [4.69, 9.17) is 4.74 Å². The van der Waals surface area contributed by atoms with Crippen LogP contribution < -0.4 is 10.2 Å². The smallest absolute Gasteiger partial charge is 0.259 e. The highest BCUT2D eigenvalue weighted by molar-refractivity contribution is 6.07. The molecule has 0 bridgehead atoms. The van der Waals surface area contributed by atoms with Crippen molar-refractivity contribution in [2.45, 2.75) is 18.9 Å². The largest absolute Gasteiger partial charge is 0.389 e. The first-order chi connectivity index (χ1) is 16.4. The fraction of sp³-hybridized carbons (Fsp3) is 0.280. The van der Waals surface area contributed by atoms with Crippen molar-refractivity contribution in [1.82, 2.24) is 4.98 Å². The molecule has 1 aromatic heterocycles. The number of aliphatic hydroxyl groups is 1. The van der Waals surface area contributed by atoms with E-state index in [1.807, 2.05) is 6.07 Å². The Morgan fingerprint density at radius 2 is 1.94 bits per heavy atom. The topological polar surface area (TPSA) is 74.7 Å². The van der Waals surface area contributed by atoms with Gasteiger partial charge in [-0.15, -0.1) is 0 Å². The fourth-order valence-corrected chi connectivity index (χ4v) is 4.09. The van der Waals surface area contributed by atoms with Gasteiger partial charge < -0.3 is 15.2 Å². The number of carbonyl (C=O) groups excluding carboxylic acids is 1. The lowest BCUT2D eigenvalue weighted by Gasteiger charge is -2.25. The number of anilines is 2. The molecule has 0 saturated carbocycles. The summed E-state index contributed by atoms with van der Waals surface area (Å²) in [6.07, 6.45) is 1.30. The van der Waals surface area contributed by atoms with Gasteiger partial charge in [0.2, 0.25) is 0 Å². The van der Waals surface area contributed by atoms with Gasteiger partial charge in [0.15, 0.2) is 17.5 Å². The number of nitrogens with one attached hydrogen (secondary N) is 1. The Bertz CT molecular complexity index is 1180. The molecule has 1 aliphatic rings. The van der Waals surface area contributed by atoms with E-state index in [-0.39, 0.29) is 36.9 Å². The van der Waals surface area contributed by atoms with Gasteiger partial charge in [0.25, 0.3) is 5.91 Å². The number of aromatic nitrogens is 1. The van der Waals surface area contributed by atoms with Gasteiger partial charge in [-0.2, -0.15) is 0 Å². The van der Waals surface area contributed by atoms with Crippen molar-refractivity contribution in [2.75, 3.05) is 37.0 Å². The molecule has 1 aliphatic heterocycles. The van der Waals surface area contributed by atoms with Crippen LogP contribution >= 0.6 is 0 Å². The summed E-state index contributed by atoms with van der Waals surface area (Å²) < 4.78 is 45.6. The standard InChI is InChI=1S/C25H24F3N3O3/c1-34-14-17(32)13-31(25(33)19-3-2-4-22-18(19)6-8-29-22)23-12-15(5-7-30-23)9-16-10-20(26)24(28)21(27)11-16/h2-5,7,10-12,17,29,32H,6,8-9,13-14H2,1H3/t17-/m1/s1. The van der Waals surface area contributed by atoms with Gasteiger partial charge in [-0.05, 0) is 65.9 Å². The molecular formula is C25H24F3N3O3. The highest BCUT2D eigenvalue weighted by atomic mass is 19.2. The predicted octanol–water partition coefficient (Wildman–Crippen LogP) is 3.71. The van der Waals surface area contributed by atoms with Crippen molar-refractivity contribution in [2.24, 2.45) is 0 Å². The molecule has 0 unspecified atom stereocenters. The predicted molar refractivity (Wildman–Crippen MR) is 122 cm³/mol. The highest BCUT2D eigenvalue weighted by Gasteiger charge is 2.26. The van der Waals surface area contributed by atoms with Crippen LogP contribution in [0.5, 0.6) is 0 Å². The zero-order chi connectivity index (χ0) is 24.2. The molecule has 6 nitrogen and oxygen atoms in total. The first-order valence-corrected chi connectivity index (χ1v) is 10.8. The van der Waals surface area contributed by atoms with E-state index in [2.05, 4.69) is 10.3 Å². The monoisotopic (exact) mass is 471 g/mol. The van der Waals surface area contributed by atoms with Crippen molar-refractivity contribution < 1.29 is 27.8 Å². The number of hydrogen-bond acceptors (Lipinski definition) is 5. The van der Waals surface area contributed by atoms with E-state index in [1.165, 1.54) is 18.2 Å². The normalized spacial score (nSPS) is 13.3. The zero-order valence-corrected chi connectivity index (χ0v) is 18.5. The average Bonchev–Trinajstić information content (AvgIpc) is 3.30. The summed E-state index contributed by atoms with van der Waals surface area (Å²) in [5, 5.41) is 13.6. The summed E-state index contributed by atoms with van der Waals surface area (Å²) in [7, 11) is 1.45. The van der Waals surface area contributed by atoms with E-state index in [0.29, 0.717) is 17.5 Å². The first-order valence-electron chi connectivity index (χ1n) is 10.8. The number of fused-ring (bicyclic) bond motifs is 1. The third kappa shape index (κ3) is 5.05. The van der Waals surface area contributed by atoms with Gasteiger partial charge >= 0.3 is 0 Å². The Morgan fingerprint density at radius 3 is 2.68 bits per heavy atom. The number of aliphatic hydroxyl groups excluding tert-OH is 1. The number of methoxy groups -OCH3 is 1. The average molecular weight is 471 g/mol. The molecular weight excluding hydrogens is 447 g/mol. The van der Waals surface area contributed by atoms with Crippen molar-refractivity contribution in [3.05, 3.63) is 88.4 Å². The van der Waals surface area contributed by atoms with Crippen molar-refractivity contribution in [3.8, 4) is 0 Å². The number of rotatable bonds is 8. The molecule has 34 heavy (non-hydrogen) atoms. The van der Waals surface area contributed by atoms with E-state index >= 15 is 0 Å². The second kappa shape index (κ2) is 10.2. The number of hydrogen-bond donors (Lipinski definition) is 2. The molecule has 0 aliphatic carbocycles. The lowest BCUT2D eigenvalue weighted by molar-refractivity contribution is 0.0658. The Labute approximate surface area is 195 Å². The molecule has 178 valence electrons. The molecule has 0 spiro atoms. The van der Waals surface area contributed by atoms with E-state index in [1.54, 1.807) is 24.3 Å². The van der Waals surface area contributed by atoms with Crippen LogP contribution in [0.2, 0.25) is 0 Å². The van der Waals surface area contributed by atoms with Crippen LogP contribution in [-0.2, 0) is 17.6 Å². The van der Waals surface area contributed by atoms with Crippen LogP contribution in [0.4, 0.5) is 24.7 Å². The molecule has 1 amide bonds. The molecule has 2 heterocycles. The number of amides is 1. The minimum Gasteiger partial charge on any atom is -0.389 e. The summed E-state index contributed by atoms with van der Waals surface area (Å²) in [6.45, 7) is 0.677. The second-order valence-corrected chi connectivity index (χ2v) is 8.11. The van der Waals surface area contributed by atoms with Crippen molar-refractivity contribution >= 4 is 17.4 Å². The number of ether oxygens (including phenoxy) is 1. The van der Waals surface area contributed by atoms with E-state index in [0.717, 1.165) is 29.9 Å². The molecule has 1 atom stereocenters. The quantitative estimate of drug-likeness (QED) is 0.490. The van der Waals surface area contributed by atoms with Crippen LogP contribution in [0, 0.1) is 17.5 Å². The summed E-state index contributed by atoms with van der Waals surface area (Å²) in [5.41, 5.74) is 3.13. The minimum absolute atomic E-state index is 0.0199. The number of nitrogens with zero attached hydrogens (tertiary/aromatic N) is 2. The maximum Gasteiger partial charge on any atom is 0.259 e. The molecule has 4 rings (SSSR count). The van der Waals surface area contributed by atoms with Crippen molar-refractivity contribution in [1.29, 1.82) is 0 Å². The number of carbonyl (C=O) groups is 1. The molecule has 2 N–H and O–H groups in total. The zero-order valence-electron chi connectivity index (χ0n) is 18.5. The van der Waals surface area contributed by atoms with Gasteiger partial charge in [-0.25, -0.2) is 18.2 Å². The molecule has 2 aromatic carbocycles. The Morgan fingerprint density at radius 1 is 1.18 bits per heavy atom. The summed E-state index contributed by atoms with van der Waals surface area (Å²) >= 11 is 0. The molecule has 0 saturated heterocycles. The fourth-order valence-electron chi connectivity index (χ4n) is 4.09. The van der Waals surface area contributed by atoms with Gasteiger partial charge in [0.05, 0.1) is 19.3 Å². The second-order valence-electron chi connectivity index (χ2n) is 8.11. The first kappa shape index (κ1) is 23.7. The van der Waals surface area contributed by atoms with Crippen LogP contribution in [0.25, 0.3) is 0 Å². The number of halogens is 3. The maximum absolute atomic E-state index is 13.6. The van der Waals surface area contributed by atoms with Gasteiger partial charge in [-0.3, -0.25) is 9.69 Å². The van der Waals surface area contributed by atoms with Gasteiger partial charge in [0, 0.05) is 31.1 Å². The Balaban J connectivity index is 1.67. The van der Waals surface area contributed by atoms with Crippen LogP contribution in [0.3, 0.4) is 0 Å². The summed E-state index contributed by atoms with van der Waals surface area (Å²) in [4.78, 5) is 19.3.